The number of nitrogens with zero attached hydrogens (tertiary/aromatic N) is 3. The molecule has 0 spiro atoms. The molecule has 3 rings (SSSR count). The normalized spacial score (nSPS) is 10.7. The van der Waals surface area contributed by atoms with E-state index in [0.717, 1.165) is 16.7 Å². The largest absolute Gasteiger partial charge is 0.378 e. The number of aromatic nitrogens is 2. The molecule has 0 radical (unpaired) electrons. The van der Waals surface area contributed by atoms with Gasteiger partial charge < -0.3 is 4.90 Å². The third-order valence-electron chi connectivity index (χ3n) is 3.30. The fourth-order valence-corrected chi connectivity index (χ4v) is 2.16. The number of carbonyl (C=O) groups excluding carboxylic acids is 1. The number of carbonyl (C=O) groups is 1. The van der Waals surface area contributed by atoms with E-state index in [9.17, 15) is 4.79 Å². The first-order valence-corrected chi connectivity index (χ1v) is 6.41. The number of para-hydroxylation sites is 2. The van der Waals surface area contributed by atoms with Crippen molar-refractivity contribution >= 4 is 22.6 Å². The van der Waals surface area contributed by atoms with Crippen molar-refractivity contribution in [1.82, 2.24) is 9.55 Å². The van der Waals surface area contributed by atoms with Crippen LogP contribution in [0, 0.1) is 0 Å². The van der Waals surface area contributed by atoms with Gasteiger partial charge in [-0.3, -0.25) is 9.36 Å². The predicted octanol–water partition coefficient (Wildman–Crippen LogP) is 2.79. The minimum Gasteiger partial charge on any atom is -0.378 e. The monoisotopic (exact) mass is 265 g/mol. The maximum Gasteiger partial charge on any atom is 0.263 e. The van der Waals surface area contributed by atoms with Crippen molar-refractivity contribution in [1.29, 1.82) is 0 Å². The summed E-state index contributed by atoms with van der Waals surface area (Å²) in [5, 5.41) is 0. The van der Waals surface area contributed by atoms with Gasteiger partial charge in [0.25, 0.3) is 5.91 Å². The topological polar surface area (TPSA) is 38.1 Å². The van der Waals surface area contributed by atoms with Crippen molar-refractivity contribution in [3.05, 3.63) is 60.4 Å². The van der Waals surface area contributed by atoms with Crippen LogP contribution in [0.2, 0.25) is 0 Å². The van der Waals surface area contributed by atoms with Gasteiger partial charge in [0.1, 0.15) is 6.33 Å². The third kappa shape index (κ3) is 2.05. The number of fused-ring (bicyclic) bond motifs is 1. The van der Waals surface area contributed by atoms with E-state index in [2.05, 4.69) is 4.98 Å². The molecule has 2 aromatic carbocycles. The summed E-state index contributed by atoms with van der Waals surface area (Å²) >= 11 is 0. The second-order valence-corrected chi connectivity index (χ2v) is 4.85. The van der Waals surface area contributed by atoms with Gasteiger partial charge in [-0.25, -0.2) is 4.98 Å². The average Bonchev–Trinajstić information content (AvgIpc) is 2.90. The molecule has 0 fully saturated rings. The fraction of sp³-hybridized carbons (Fsp3) is 0.125. The van der Waals surface area contributed by atoms with E-state index in [-0.39, 0.29) is 5.91 Å². The van der Waals surface area contributed by atoms with E-state index in [1.807, 2.05) is 67.5 Å². The molecule has 0 aliphatic carbocycles. The van der Waals surface area contributed by atoms with Crippen LogP contribution in [0.5, 0.6) is 0 Å². The van der Waals surface area contributed by atoms with Crippen LogP contribution >= 0.6 is 0 Å². The van der Waals surface area contributed by atoms with Crippen molar-refractivity contribution in [2.24, 2.45) is 0 Å². The summed E-state index contributed by atoms with van der Waals surface area (Å²) in [6.07, 6.45) is 1.58. The Hall–Kier alpha value is -2.62. The second kappa shape index (κ2) is 4.81. The highest BCUT2D eigenvalue weighted by molar-refractivity contribution is 6.01. The lowest BCUT2D eigenvalue weighted by Gasteiger charge is -2.12. The summed E-state index contributed by atoms with van der Waals surface area (Å²) < 4.78 is 1.58. The van der Waals surface area contributed by atoms with Gasteiger partial charge in [-0.15, -0.1) is 0 Å². The Kier molecular flexibility index (Phi) is 2.99. The highest BCUT2D eigenvalue weighted by Crippen LogP contribution is 2.16. The minimum absolute atomic E-state index is 0.0657. The standard InChI is InChI=1S/C16H15N3O/c1-18(2)13-9-7-12(8-10-13)16(20)19-11-17-14-5-3-4-6-15(14)19/h3-11H,1-2H3. The Labute approximate surface area is 117 Å². The van der Waals surface area contributed by atoms with Gasteiger partial charge in [0.05, 0.1) is 11.0 Å². The molecule has 0 bridgehead atoms. The van der Waals surface area contributed by atoms with Crippen molar-refractivity contribution in [2.75, 3.05) is 19.0 Å². The Balaban J connectivity index is 2.00. The van der Waals surface area contributed by atoms with Gasteiger partial charge >= 0.3 is 0 Å². The number of hydrogen-bond donors (Lipinski definition) is 0. The van der Waals surface area contributed by atoms with Crippen molar-refractivity contribution in [2.45, 2.75) is 0 Å². The minimum atomic E-state index is -0.0657. The SMILES string of the molecule is CN(C)c1ccc(C(=O)n2cnc3ccccc32)cc1. The highest BCUT2D eigenvalue weighted by Gasteiger charge is 2.12. The zero-order chi connectivity index (χ0) is 14.1. The Morgan fingerprint density at radius 2 is 1.75 bits per heavy atom. The smallest absolute Gasteiger partial charge is 0.263 e. The molecule has 1 aromatic heterocycles. The molecule has 0 saturated heterocycles. The quantitative estimate of drug-likeness (QED) is 0.715. The molecule has 0 aliphatic rings. The van der Waals surface area contributed by atoms with E-state index in [1.165, 1.54) is 0 Å². The van der Waals surface area contributed by atoms with Crippen molar-refractivity contribution in [3.63, 3.8) is 0 Å². The molecular weight excluding hydrogens is 250 g/mol. The van der Waals surface area contributed by atoms with E-state index >= 15 is 0 Å². The summed E-state index contributed by atoms with van der Waals surface area (Å²) in [7, 11) is 3.94. The second-order valence-electron chi connectivity index (χ2n) is 4.85. The molecule has 0 saturated carbocycles. The van der Waals surface area contributed by atoms with Gasteiger partial charge in [-0.1, -0.05) is 12.1 Å². The third-order valence-corrected chi connectivity index (χ3v) is 3.30. The molecule has 0 unspecified atom stereocenters. The summed E-state index contributed by atoms with van der Waals surface area (Å²) in [5.41, 5.74) is 3.37. The first-order valence-electron chi connectivity index (χ1n) is 6.41. The van der Waals surface area contributed by atoms with Gasteiger partial charge in [-0.05, 0) is 36.4 Å². The number of hydrogen-bond acceptors (Lipinski definition) is 3. The van der Waals surface area contributed by atoms with Crippen LogP contribution in [0.3, 0.4) is 0 Å². The summed E-state index contributed by atoms with van der Waals surface area (Å²) in [4.78, 5) is 18.8. The fourth-order valence-electron chi connectivity index (χ4n) is 2.16. The van der Waals surface area contributed by atoms with E-state index in [4.69, 9.17) is 0 Å². The lowest BCUT2D eigenvalue weighted by molar-refractivity contribution is 0.0964. The first-order chi connectivity index (χ1) is 9.66. The molecule has 0 N–H and O–H groups in total. The van der Waals surface area contributed by atoms with E-state index in [1.54, 1.807) is 10.9 Å². The van der Waals surface area contributed by atoms with E-state index < -0.39 is 0 Å². The van der Waals surface area contributed by atoms with Crippen LogP contribution in [0.1, 0.15) is 10.4 Å². The van der Waals surface area contributed by atoms with Gasteiger partial charge in [0.2, 0.25) is 0 Å². The lowest BCUT2D eigenvalue weighted by atomic mass is 10.2. The summed E-state index contributed by atoms with van der Waals surface area (Å²) in [5.74, 6) is -0.0657. The Bertz CT molecular complexity index is 757. The van der Waals surface area contributed by atoms with Crippen LogP contribution in [-0.2, 0) is 0 Å². The average molecular weight is 265 g/mol. The van der Waals surface area contributed by atoms with Gasteiger partial charge in [0.15, 0.2) is 0 Å². The number of rotatable bonds is 2. The molecule has 100 valence electrons. The first kappa shape index (κ1) is 12.4. The molecule has 0 amide bonds. The molecule has 0 atom stereocenters. The van der Waals surface area contributed by atoms with Gasteiger partial charge in [0, 0.05) is 25.3 Å². The molecular formula is C16H15N3O. The molecule has 4 nitrogen and oxygen atoms in total. The number of imidazole rings is 1. The van der Waals surface area contributed by atoms with Crippen LogP contribution in [0.15, 0.2) is 54.9 Å². The van der Waals surface area contributed by atoms with E-state index in [0.29, 0.717) is 5.56 Å². The Morgan fingerprint density at radius 1 is 1.05 bits per heavy atom. The zero-order valence-corrected chi connectivity index (χ0v) is 11.4. The molecule has 3 aromatic rings. The van der Waals surface area contributed by atoms with Crippen LogP contribution in [0.4, 0.5) is 5.69 Å². The zero-order valence-electron chi connectivity index (χ0n) is 11.4. The molecule has 1 heterocycles. The Morgan fingerprint density at radius 3 is 2.45 bits per heavy atom. The van der Waals surface area contributed by atoms with Crippen molar-refractivity contribution < 1.29 is 4.79 Å². The molecule has 20 heavy (non-hydrogen) atoms. The van der Waals surface area contributed by atoms with Crippen molar-refractivity contribution in [3.8, 4) is 0 Å². The predicted molar refractivity (Wildman–Crippen MR) is 80.2 cm³/mol. The number of benzene rings is 2. The molecule has 0 aliphatic heterocycles. The van der Waals surface area contributed by atoms with Gasteiger partial charge in [-0.2, -0.15) is 0 Å². The summed E-state index contributed by atoms with van der Waals surface area (Å²) in [6, 6.07) is 15.2. The number of anilines is 1. The summed E-state index contributed by atoms with van der Waals surface area (Å²) in [6.45, 7) is 0. The lowest BCUT2D eigenvalue weighted by Crippen LogP contribution is -2.12. The van der Waals surface area contributed by atoms with Crippen LogP contribution < -0.4 is 4.90 Å². The van der Waals surface area contributed by atoms with Crippen LogP contribution in [0.25, 0.3) is 11.0 Å². The maximum absolute atomic E-state index is 12.5. The molecule has 4 heteroatoms. The highest BCUT2D eigenvalue weighted by atomic mass is 16.2. The maximum atomic E-state index is 12.5. The van der Waals surface area contributed by atoms with Crippen LogP contribution in [-0.4, -0.2) is 29.6 Å².